The van der Waals surface area contributed by atoms with E-state index in [1.165, 1.54) is 85.5 Å². The Labute approximate surface area is 317 Å². The monoisotopic (exact) mass is 703 g/mol. The molecule has 1 nitrogen and oxygen atoms in total. The molecule has 0 unspecified atom stereocenters. The third-order valence-corrected chi connectivity index (χ3v) is 12.1. The molecule has 0 atom stereocenters. The van der Waals surface area contributed by atoms with E-state index >= 15 is 0 Å². The zero-order valence-corrected chi connectivity index (χ0v) is 30.2. The van der Waals surface area contributed by atoms with Crippen LogP contribution in [0.25, 0.3) is 85.5 Å². The first-order chi connectivity index (χ1) is 26.7. The van der Waals surface area contributed by atoms with Gasteiger partial charge in [-0.2, -0.15) is 0 Å². The van der Waals surface area contributed by atoms with E-state index in [-0.39, 0.29) is 0 Å². The predicted octanol–water partition coefficient (Wildman–Crippen LogP) is 15.5. The van der Waals surface area contributed by atoms with Crippen molar-refractivity contribution in [1.82, 2.24) is 0 Å². The molecular weight excluding hydrogens is 671 g/mol. The minimum absolute atomic E-state index is 1.11. The lowest BCUT2D eigenvalue weighted by Gasteiger charge is -2.30. The molecule has 1 heterocycles. The van der Waals surface area contributed by atoms with Crippen molar-refractivity contribution >= 4 is 91.7 Å². The summed E-state index contributed by atoms with van der Waals surface area (Å²) in [6, 6.07) is 73.7. The summed E-state index contributed by atoms with van der Waals surface area (Å²) < 4.78 is 2.65. The van der Waals surface area contributed by atoms with Gasteiger partial charge in [0.25, 0.3) is 0 Å². The number of thiophene rings is 1. The Morgan fingerprint density at radius 3 is 1.61 bits per heavy atom. The van der Waals surface area contributed by atoms with Gasteiger partial charge in [0, 0.05) is 36.8 Å². The molecule has 11 aromatic rings. The normalized spacial score (nSPS) is 11.7. The quantitative estimate of drug-likeness (QED) is 0.161. The number of nitrogens with zero attached hydrogens (tertiary/aromatic N) is 1. The van der Waals surface area contributed by atoms with Gasteiger partial charge in [-0.05, 0) is 109 Å². The minimum atomic E-state index is 1.11. The van der Waals surface area contributed by atoms with Gasteiger partial charge >= 0.3 is 0 Å². The molecule has 10 aromatic carbocycles. The number of hydrogen-bond donors (Lipinski definition) is 0. The second-order valence-electron chi connectivity index (χ2n) is 14.1. The highest BCUT2D eigenvalue weighted by atomic mass is 32.1. The van der Waals surface area contributed by atoms with Crippen LogP contribution in [0.15, 0.2) is 200 Å². The zero-order valence-electron chi connectivity index (χ0n) is 29.4. The fourth-order valence-electron chi connectivity index (χ4n) is 8.33. The van der Waals surface area contributed by atoms with Gasteiger partial charge in [0.2, 0.25) is 0 Å². The van der Waals surface area contributed by atoms with Crippen molar-refractivity contribution in [1.29, 1.82) is 0 Å². The molecule has 0 saturated heterocycles. The summed E-state index contributed by atoms with van der Waals surface area (Å²) in [7, 11) is 0. The molecular formula is C52H33NS. The van der Waals surface area contributed by atoms with Crippen LogP contribution >= 0.6 is 11.3 Å². The van der Waals surface area contributed by atoms with Crippen molar-refractivity contribution in [3.8, 4) is 22.3 Å². The molecule has 0 fully saturated rings. The third-order valence-electron chi connectivity index (χ3n) is 11.0. The smallest absolute Gasteiger partial charge is 0.0546 e. The van der Waals surface area contributed by atoms with Gasteiger partial charge in [0.1, 0.15) is 0 Å². The van der Waals surface area contributed by atoms with E-state index in [2.05, 4.69) is 205 Å². The molecule has 0 amide bonds. The summed E-state index contributed by atoms with van der Waals surface area (Å²) in [6.45, 7) is 0. The van der Waals surface area contributed by atoms with Gasteiger partial charge in [-0.25, -0.2) is 0 Å². The Balaban J connectivity index is 1.13. The average molecular weight is 704 g/mol. The summed E-state index contributed by atoms with van der Waals surface area (Å²) in [5.74, 6) is 0. The van der Waals surface area contributed by atoms with Crippen molar-refractivity contribution in [2.45, 2.75) is 0 Å². The summed E-state index contributed by atoms with van der Waals surface area (Å²) in [5, 5.41) is 12.6. The van der Waals surface area contributed by atoms with Crippen LogP contribution in [0.2, 0.25) is 0 Å². The first-order valence-electron chi connectivity index (χ1n) is 18.5. The highest BCUT2D eigenvalue weighted by Gasteiger charge is 2.22. The van der Waals surface area contributed by atoms with Gasteiger partial charge in [0.15, 0.2) is 0 Å². The van der Waals surface area contributed by atoms with Crippen LogP contribution in [0.4, 0.5) is 17.1 Å². The molecule has 0 aliphatic rings. The van der Waals surface area contributed by atoms with Crippen LogP contribution in [-0.2, 0) is 0 Å². The highest BCUT2D eigenvalue weighted by Crippen LogP contribution is 2.47. The Morgan fingerprint density at radius 1 is 0.296 bits per heavy atom. The molecule has 0 bridgehead atoms. The van der Waals surface area contributed by atoms with Crippen LogP contribution in [-0.4, -0.2) is 0 Å². The Morgan fingerprint density at radius 2 is 0.852 bits per heavy atom. The van der Waals surface area contributed by atoms with Crippen molar-refractivity contribution in [3.05, 3.63) is 200 Å². The lowest BCUT2D eigenvalue weighted by Crippen LogP contribution is -2.12. The van der Waals surface area contributed by atoms with Gasteiger partial charge < -0.3 is 4.90 Å². The minimum Gasteiger partial charge on any atom is -0.309 e. The fraction of sp³-hybridized carbons (Fsp3) is 0. The van der Waals surface area contributed by atoms with E-state index in [0.29, 0.717) is 0 Å². The molecule has 0 aliphatic carbocycles. The molecule has 0 saturated carbocycles. The van der Waals surface area contributed by atoms with Crippen molar-refractivity contribution < 1.29 is 0 Å². The van der Waals surface area contributed by atoms with E-state index in [4.69, 9.17) is 0 Å². The third kappa shape index (κ3) is 5.07. The van der Waals surface area contributed by atoms with Gasteiger partial charge in [-0.1, -0.05) is 146 Å². The van der Waals surface area contributed by atoms with Crippen molar-refractivity contribution in [2.75, 3.05) is 4.90 Å². The molecule has 252 valence electrons. The molecule has 2 heteroatoms. The first kappa shape index (κ1) is 30.8. The van der Waals surface area contributed by atoms with Crippen molar-refractivity contribution in [3.63, 3.8) is 0 Å². The van der Waals surface area contributed by atoms with Crippen LogP contribution in [0.1, 0.15) is 0 Å². The van der Waals surface area contributed by atoms with E-state index in [1.54, 1.807) is 0 Å². The number of fused-ring (bicyclic) bond motifs is 8. The Bertz CT molecular complexity index is 3210. The lowest BCUT2D eigenvalue weighted by atomic mass is 9.95. The van der Waals surface area contributed by atoms with E-state index < -0.39 is 0 Å². The second-order valence-corrected chi connectivity index (χ2v) is 15.2. The Kier molecular flexibility index (Phi) is 7.11. The first-order valence-corrected chi connectivity index (χ1v) is 19.3. The zero-order chi connectivity index (χ0) is 35.6. The summed E-state index contributed by atoms with van der Waals surface area (Å²) >= 11 is 1.88. The fourth-order valence-corrected chi connectivity index (χ4v) is 9.45. The topological polar surface area (TPSA) is 3.24 Å². The number of hydrogen-bond acceptors (Lipinski definition) is 2. The lowest BCUT2D eigenvalue weighted by molar-refractivity contribution is 1.31. The maximum absolute atomic E-state index is 2.48. The summed E-state index contributed by atoms with van der Waals surface area (Å²) in [5.41, 5.74) is 8.22. The van der Waals surface area contributed by atoms with Crippen LogP contribution in [0.5, 0.6) is 0 Å². The van der Waals surface area contributed by atoms with Gasteiger partial charge in [0.05, 0.1) is 11.4 Å². The van der Waals surface area contributed by atoms with E-state index in [1.807, 2.05) is 11.3 Å². The molecule has 0 N–H and O–H groups in total. The molecule has 0 radical (unpaired) electrons. The van der Waals surface area contributed by atoms with Crippen LogP contribution < -0.4 is 4.90 Å². The van der Waals surface area contributed by atoms with E-state index in [0.717, 1.165) is 17.1 Å². The summed E-state index contributed by atoms with van der Waals surface area (Å²) in [6.07, 6.45) is 0. The highest BCUT2D eigenvalue weighted by molar-refractivity contribution is 7.25. The Hall–Kier alpha value is -6.74. The molecule has 54 heavy (non-hydrogen) atoms. The number of anilines is 3. The SMILES string of the molecule is c1ccc(-c2cc3ccccc3cc2N(c2ccc(-c3ccc4sc5cc6ccccc6cc5c4c3)cc2)c2cc3ccccc3c3ccccc23)cc1. The molecule has 11 rings (SSSR count). The number of benzene rings is 10. The van der Waals surface area contributed by atoms with Gasteiger partial charge in [-0.3, -0.25) is 0 Å². The van der Waals surface area contributed by atoms with Crippen LogP contribution in [0.3, 0.4) is 0 Å². The second kappa shape index (κ2) is 12.4. The number of rotatable bonds is 5. The maximum atomic E-state index is 2.48. The predicted molar refractivity (Wildman–Crippen MR) is 235 cm³/mol. The standard InChI is InChI=1S/C52H33NS/c1-2-12-35(13-3-1)46-28-36-14-4-6-16-38(36)31-50(46)53(49-32-41-18-8-9-19-43(41)44-20-10-11-21-45(44)49)42-25-22-34(23-26-42)40-24-27-51-47(30-40)48-29-37-15-5-7-17-39(37)33-52(48)54-51/h1-33H. The van der Waals surface area contributed by atoms with Gasteiger partial charge in [-0.15, -0.1) is 11.3 Å². The molecule has 0 aliphatic heterocycles. The molecule has 1 aromatic heterocycles. The maximum Gasteiger partial charge on any atom is 0.0546 e. The van der Waals surface area contributed by atoms with Crippen LogP contribution in [0, 0.1) is 0 Å². The van der Waals surface area contributed by atoms with Crippen molar-refractivity contribution in [2.24, 2.45) is 0 Å². The average Bonchev–Trinajstić information content (AvgIpc) is 3.60. The molecule has 0 spiro atoms. The largest absolute Gasteiger partial charge is 0.309 e. The van der Waals surface area contributed by atoms with E-state index in [9.17, 15) is 0 Å². The summed E-state index contributed by atoms with van der Waals surface area (Å²) in [4.78, 5) is 2.48.